The molecule has 0 aliphatic carbocycles. The van der Waals surface area contributed by atoms with Crippen molar-refractivity contribution in [2.75, 3.05) is 31.4 Å². The lowest BCUT2D eigenvalue weighted by atomic mass is 10.1. The van der Waals surface area contributed by atoms with Gasteiger partial charge in [-0.1, -0.05) is 12.1 Å². The summed E-state index contributed by atoms with van der Waals surface area (Å²) in [5, 5.41) is 2.49. The van der Waals surface area contributed by atoms with Crippen LogP contribution in [-0.2, 0) is 12.7 Å². The molecule has 0 unspecified atom stereocenters. The number of hydrogen-bond donors (Lipinski definition) is 1. The Kier molecular flexibility index (Phi) is 5.74. The van der Waals surface area contributed by atoms with Gasteiger partial charge in [0.25, 0.3) is 0 Å². The minimum atomic E-state index is -4.52. The maximum atomic E-state index is 13.2. The normalized spacial score (nSPS) is 11.2. The van der Waals surface area contributed by atoms with Crippen LogP contribution in [0.2, 0.25) is 0 Å². The lowest BCUT2D eigenvalue weighted by molar-refractivity contribution is -0.137. The van der Waals surface area contributed by atoms with Crippen LogP contribution in [0.3, 0.4) is 0 Å². The highest BCUT2D eigenvalue weighted by atomic mass is 19.4. The van der Waals surface area contributed by atoms with Gasteiger partial charge in [-0.25, -0.2) is 9.18 Å². The zero-order valence-electron chi connectivity index (χ0n) is 14.6. The molecule has 8 heteroatoms. The van der Waals surface area contributed by atoms with E-state index in [1.54, 1.807) is 25.1 Å². The van der Waals surface area contributed by atoms with Crippen LogP contribution in [-0.4, -0.2) is 32.1 Å². The van der Waals surface area contributed by atoms with E-state index in [0.29, 0.717) is 11.3 Å². The molecular formula is C18H19F4N3O. The summed E-state index contributed by atoms with van der Waals surface area (Å²) in [5.41, 5.74) is 0.192. The van der Waals surface area contributed by atoms with E-state index < -0.39 is 23.6 Å². The van der Waals surface area contributed by atoms with E-state index in [0.717, 1.165) is 12.1 Å². The molecule has 140 valence electrons. The predicted octanol–water partition coefficient (Wildman–Crippen LogP) is 4.57. The van der Waals surface area contributed by atoms with E-state index in [4.69, 9.17) is 0 Å². The number of alkyl halides is 3. The average Bonchev–Trinajstić information content (AvgIpc) is 2.53. The number of hydrogen-bond acceptors (Lipinski definition) is 2. The van der Waals surface area contributed by atoms with E-state index in [2.05, 4.69) is 5.32 Å². The van der Waals surface area contributed by atoms with Crippen molar-refractivity contribution in [2.45, 2.75) is 12.7 Å². The Morgan fingerprint density at radius 1 is 1.08 bits per heavy atom. The number of halogens is 4. The summed E-state index contributed by atoms with van der Waals surface area (Å²) in [6, 6.07) is 8.30. The summed E-state index contributed by atoms with van der Waals surface area (Å²) in [6.45, 7) is 0.111. The van der Waals surface area contributed by atoms with Gasteiger partial charge in [-0.3, -0.25) is 0 Å². The average molecular weight is 369 g/mol. The number of amides is 2. The molecule has 0 bridgehead atoms. The summed E-state index contributed by atoms with van der Waals surface area (Å²) < 4.78 is 52.1. The number of carbonyl (C=O) groups is 1. The van der Waals surface area contributed by atoms with Crippen LogP contribution < -0.4 is 10.2 Å². The first kappa shape index (κ1) is 19.6. The first-order valence-corrected chi connectivity index (χ1v) is 7.73. The van der Waals surface area contributed by atoms with Gasteiger partial charge in [-0.05, 0) is 35.9 Å². The number of nitrogens with one attached hydrogen (secondary N) is 1. The number of benzene rings is 2. The van der Waals surface area contributed by atoms with Crippen LogP contribution >= 0.6 is 0 Å². The molecule has 0 aliphatic rings. The minimum Gasteiger partial charge on any atom is -0.376 e. The van der Waals surface area contributed by atoms with Crippen LogP contribution in [0.1, 0.15) is 11.1 Å². The van der Waals surface area contributed by atoms with E-state index >= 15 is 0 Å². The molecule has 0 heterocycles. The van der Waals surface area contributed by atoms with Crippen LogP contribution in [0.5, 0.6) is 0 Å². The third-order valence-corrected chi connectivity index (χ3v) is 3.70. The third kappa shape index (κ3) is 4.87. The second-order valence-corrected chi connectivity index (χ2v) is 6.04. The van der Waals surface area contributed by atoms with E-state index in [1.165, 1.54) is 36.2 Å². The summed E-state index contributed by atoms with van der Waals surface area (Å²) in [4.78, 5) is 15.2. The van der Waals surface area contributed by atoms with E-state index in [-0.39, 0.29) is 12.2 Å². The van der Waals surface area contributed by atoms with Gasteiger partial charge >= 0.3 is 12.2 Å². The fourth-order valence-corrected chi connectivity index (χ4v) is 2.39. The highest BCUT2D eigenvalue weighted by molar-refractivity contribution is 5.93. The van der Waals surface area contributed by atoms with Crippen molar-refractivity contribution in [1.29, 1.82) is 0 Å². The largest absolute Gasteiger partial charge is 0.416 e. The van der Waals surface area contributed by atoms with Crippen molar-refractivity contribution in [3.8, 4) is 0 Å². The van der Waals surface area contributed by atoms with Gasteiger partial charge in [0.1, 0.15) is 5.82 Å². The highest BCUT2D eigenvalue weighted by Crippen LogP contribution is 2.35. The second kappa shape index (κ2) is 7.63. The van der Waals surface area contributed by atoms with E-state index in [9.17, 15) is 22.4 Å². The Bertz CT molecular complexity index is 790. The molecule has 2 aromatic carbocycles. The zero-order valence-corrected chi connectivity index (χ0v) is 14.6. The maximum Gasteiger partial charge on any atom is 0.416 e. The Labute approximate surface area is 149 Å². The molecule has 0 saturated heterocycles. The molecule has 0 aromatic heterocycles. The number of rotatable bonds is 4. The van der Waals surface area contributed by atoms with Crippen LogP contribution in [0.4, 0.5) is 33.7 Å². The van der Waals surface area contributed by atoms with Crippen molar-refractivity contribution in [2.24, 2.45) is 0 Å². The van der Waals surface area contributed by atoms with Gasteiger partial charge in [-0.15, -0.1) is 0 Å². The molecule has 0 spiro atoms. The second-order valence-electron chi connectivity index (χ2n) is 6.04. The molecule has 1 N–H and O–H groups in total. The third-order valence-electron chi connectivity index (χ3n) is 3.70. The molecule has 26 heavy (non-hydrogen) atoms. The summed E-state index contributed by atoms with van der Waals surface area (Å²) in [6.07, 6.45) is -4.52. The summed E-state index contributed by atoms with van der Waals surface area (Å²) >= 11 is 0. The van der Waals surface area contributed by atoms with Crippen molar-refractivity contribution in [1.82, 2.24) is 4.90 Å². The fraction of sp³-hybridized carbons (Fsp3) is 0.278. The molecule has 0 radical (unpaired) electrons. The lowest BCUT2D eigenvalue weighted by Gasteiger charge is -2.23. The first-order valence-electron chi connectivity index (χ1n) is 7.73. The van der Waals surface area contributed by atoms with Crippen molar-refractivity contribution < 1.29 is 22.4 Å². The van der Waals surface area contributed by atoms with Gasteiger partial charge in [0.15, 0.2) is 0 Å². The van der Waals surface area contributed by atoms with Crippen molar-refractivity contribution in [3.63, 3.8) is 0 Å². The molecule has 0 aliphatic heterocycles. The van der Waals surface area contributed by atoms with Gasteiger partial charge in [0.2, 0.25) is 0 Å². The maximum absolute atomic E-state index is 13.2. The lowest BCUT2D eigenvalue weighted by Crippen LogP contribution is -2.31. The molecule has 4 nitrogen and oxygen atoms in total. The standard InChI is InChI=1S/C18H19F4N3O/c1-24(2)16-8-7-13(18(20,21)22)10-15(16)23-17(26)25(3)11-12-5-4-6-14(19)9-12/h4-10H,11H2,1-3H3,(H,23,26). The number of urea groups is 1. The minimum absolute atomic E-state index is 0.0425. The molecule has 0 atom stereocenters. The molecule has 0 saturated carbocycles. The van der Waals surface area contributed by atoms with E-state index in [1.807, 2.05) is 0 Å². The van der Waals surface area contributed by atoms with Gasteiger partial charge in [0.05, 0.1) is 16.9 Å². The SMILES string of the molecule is CN(Cc1cccc(F)c1)C(=O)Nc1cc(C(F)(F)F)ccc1N(C)C. The first-order chi connectivity index (χ1) is 12.1. The number of anilines is 2. The Morgan fingerprint density at radius 2 is 1.77 bits per heavy atom. The molecular weight excluding hydrogens is 350 g/mol. The van der Waals surface area contributed by atoms with Crippen LogP contribution in [0.25, 0.3) is 0 Å². The molecule has 0 fully saturated rings. The molecule has 2 aromatic rings. The van der Waals surface area contributed by atoms with Gasteiger partial charge < -0.3 is 15.1 Å². The predicted molar refractivity (Wildman–Crippen MR) is 92.7 cm³/mol. The Balaban J connectivity index is 2.21. The van der Waals surface area contributed by atoms with Crippen molar-refractivity contribution in [3.05, 3.63) is 59.4 Å². The Hall–Kier alpha value is -2.77. The summed E-state index contributed by atoms with van der Waals surface area (Å²) in [7, 11) is 4.80. The Morgan fingerprint density at radius 3 is 2.35 bits per heavy atom. The molecule has 2 rings (SSSR count). The topological polar surface area (TPSA) is 35.6 Å². The smallest absolute Gasteiger partial charge is 0.376 e. The zero-order chi connectivity index (χ0) is 19.5. The highest BCUT2D eigenvalue weighted by Gasteiger charge is 2.31. The number of carbonyl (C=O) groups excluding carboxylic acids is 1. The van der Waals surface area contributed by atoms with Crippen LogP contribution in [0, 0.1) is 5.82 Å². The molecule has 2 amide bonds. The van der Waals surface area contributed by atoms with Gasteiger partial charge in [-0.2, -0.15) is 13.2 Å². The van der Waals surface area contributed by atoms with Crippen LogP contribution in [0.15, 0.2) is 42.5 Å². The fourth-order valence-electron chi connectivity index (χ4n) is 2.39. The van der Waals surface area contributed by atoms with Crippen molar-refractivity contribution >= 4 is 17.4 Å². The number of nitrogens with zero attached hydrogens (tertiary/aromatic N) is 2. The monoisotopic (exact) mass is 369 g/mol. The quantitative estimate of drug-likeness (QED) is 0.801. The van der Waals surface area contributed by atoms with Gasteiger partial charge in [0, 0.05) is 27.7 Å². The summed E-state index contributed by atoms with van der Waals surface area (Å²) in [5.74, 6) is -0.427.